The van der Waals surface area contributed by atoms with Gasteiger partial charge in [-0.3, -0.25) is 4.79 Å². The van der Waals surface area contributed by atoms with Crippen LogP contribution in [0.3, 0.4) is 0 Å². The van der Waals surface area contributed by atoms with Crippen molar-refractivity contribution in [1.29, 1.82) is 0 Å². The molecule has 11 heteroatoms. The summed E-state index contributed by atoms with van der Waals surface area (Å²) in [4.78, 5) is 26.0. The van der Waals surface area contributed by atoms with Crippen LogP contribution in [0.4, 0.5) is 5.69 Å². The summed E-state index contributed by atoms with van der Waals surface area (Å²) in [6.07, 6.45) is 2.32. The summed E-state index contributed by atoms with van der Waals surface area (Å²) in [6.45, 7) is 4.45. The third-order valence-corrected chi connectivity index (χ3v) is 8.21. The van der Waals surface area contributed by atoms with Gasteiger partial charge < -0.3 is 5.32 Å². The molecule has 0 aliphatic carbocycles. The van der Waals surface area contributed by atoms with Gasteiger partial charge >= 0.3 is 5.69 Å². The number of sulfonamides is 1. The second-order valence-electron chi connectivity index (χ2n) is 8.32. The highest BCUT2D eigenvalue weighted by atomic mass is 32.2. The summed E-state index contributed by atoms with van der Waals surface area (Å²) in [5.74, 6) is 0.149. The number of nitrogens with one attached hydrogen (secondary N) is 1. The Morgan fingerprint density at radius 3 is 2.55 bits per heavy atom. The van der Waals surface area contributed by atoms with Crippen molar-refractivity contribution < 1.29 is 13.2 Å². The molecule has 2 aromatic heterocycles. The minimum atomic E-state index is -3.25. The first-order valence-electron chi connectivity index (χ1n) is 10.7. The highest BCUT2D eigenvalue weighted by Gasteiger charge is 2.31. The molecule has 0 bridgehead atoms. The van der Waals surface area contributed by atoms with Crippen LogP contribution in [-0.4, -0.2) is 52.3 Å². The third kappa shape index (κ3) is 4.94. The van der Waals surface area contributed by atoms with Crippen LogP contribution in [0.5, 0.6) is 0 Å². The van der Waals surface area contributed by atoms with E-state index in [0.29, 0.717) is 37.4 Å². The largest absolute Gasteiger partial charge is 0.351 e. The first-order chi connectivity index (χ1) is 15.6. The predicted octanol–water partition coefficient (Wildman–Crippen LogP) is 2.49. The molecule has 4 rings (SSSR count). The number of piperidine rings is 1. The highest BCUT2D eigenvalue weighted by molar-refractivity contribution is 7.88. The SMILES string of the molecule is Cc1cccc(NC(=O)Cn2nc(C3CCN(S(C)(=O)=O)CC3)n(-c3cccs3)c2=O)c1C. The monoisotopic (exact) mass is 489 g/mol. The second-order valence-corrected chi connectivity index (χ2v) is 11.2. The number of hydrogen-bond donors (Lipinski definition) is 1. The molecule has 3 heterocycles. The Bertz CT molecular complexity index is 1320. The van der Waals surface area contributed by atoms with Gasteiger partial charge in [-0.15, -0.1) is 11.3 Å². The molecular formula is C22H27N5O4S2. The Labute approximate surface area is 196 Å². The molecule has 0 atom stereocenters. The molecule has 0 radical (unpaired) electrons. The maximum absolute atomic E-state index is 13.2. The van der Waals surface area contributed by atoms with Crippen LogP contribution in [-0.2, 0) is 21.4 Å². The van der Waals surface area contributed by atoms with Crippen LogP contribution in [0, 0.1) is 13.8 Å². The first-order valence-corrected chi connectivity index (χ1v) is 13.4. The van der Waals surface area contributed by atoms with Gasteiger partial charge in [0, 0.05) is 24.7 Å². The molecule has 1 aliphatic rings. The normalized spacial score (nSPS) is 15.6. The zero-order chi connectivity index (χ0) is 23.8. The summed E-state index contributed by atoms with van der Waals surface area (Å²) in [6, 6.07) is 9.36. The van der Waals surface area contributed by atoms with Crippen molar-refractivity contribution in [2.45, 2.75) is 39.2 Å². The third-order valence-electron chi connectivity index (χ3n) is 6.05. The van der Waals surface area contributed by atoms with Gasteiger partial charge in [0.05, 0.1) is 6.26 Å². The van der Waals surface area contributed by atoms with Crippen LogP contribution in [0.1, 0.15) is 35.7 Å². The van der Waals surface area contributed by atoms with Crippen LogP contribution >= 0.6 is 11.3 Å². The predicted molar refractivity (Wildman–Crippen MR) is 129 cm³/mol. The number of thiophene rings is 1. The molecule has 3 aromatic rings. The molecule has 0 saturated carbocycles. The average Bonchev–Trinajstić information content (AvgIpc) is 3.39. The lowest BCUT2D eigenvalue weighted by Crippen LogP contribution is -2.37. The lowest BCUT2D eigenvalue weighted by molar-refractivity contribution is -0.117. The second kappa shape index (κ2) is 9.24. The van der Waals surface area contributed by atoms with Crippen molar-refractivity contribution in [3.05, 3.63) is 63.1 Å². The van der Waals surface area contributed by atoms with Crippen LogP contribution in [0.2, 0.25) is 0 Å². The fourth-order valence-corrected chi connectivity index (χ4v) is 5.66. The van der Waals surface area contributed by atoms with E-state index in [1.54, 1.807) is 4.57 Å². The van der Waals surface area contributed by atoms with Gasteiger partial charge in [-0.2, -0.15) is 5.10 Å². The minimum absolute atomic E-state index is 0.0823. The highest BCUT2D eigenvalue weighted by Crippen LogP contribution is 2.29. The van der Waals surface area contributed by atoms with E-state index < -0.39 is 10.0 Å². The summed E-state index contributed by atoms with van der Waals surface area (Å²) < 4.78 is 27.9. The zero-order valence-corrected chi connectivity index (χ0v) is 20.4. The molecule has 1 aliphatic heterocycles. The number of amides is 1. The van der Waals surface area contributed by atoms with Crippen molar-refractivity contribution in [3.8, 4) is 5.00 Å². The Hall–Kier alpha value is -2.76. The molecule has 1 aromatic carbocycles. The van der Waals surface area contributed by atoms with Gasteiger partial charge in [0.2, 0.25) is 15.9 Å². The van der Waals surface area contributed by atoms with Crippen LogP contribution < -0.4 is 11.0 Å². The van der Waals surface area contributed by atoms with Crippen molar-refractivity contribution in [2.24, 2.45) is 0 Å². The fourth-order valence-electron chi connectivity index (χ4n) is 4.05. The van der Waals surface area contributed by atoms with Gasteiger partial charge in [0.1, 0.15) is 17.4 Å². The molecule has 9 nitrogen and oxygen atoms in total. The molecule has 1 N–H and O–H groups in total. The lowest BCUT2D eigenvalue weighted by Gasteiger charge is -2.29. The van der Waals surface area contributed by atoms with E-state index in [2.05, 4.69) is 10.4 Å². The number of anilines is 1. The Morgan fingerprint density at radius 2 is 1.91 bits per heavy atom. The summed E-state index contributed by atoms with van der Waals surface area (Å²) in [7, 11) is -3.25. The lowest BCUT2D eigenvalue weighted by atomic mass is 9.97. The van der Waals surface area contributed by atoms with Crippen molar-refractivity contribution in [2.75, 3.05) is 24.7 Å². The maximum atomic E-state index is 13.2. The first kappa shape index (κ1) is 23.4. The van der Waals surface area contributed by atoms with E-state index in [0.717, 1.165) is 16.1 Å². The van der Waals surface area contributed by atoms with Gasteiger partial charge in [0.25, 0.3) is 0 Å². The average molecular weight is 490 g/mol. The number of benzene rings is 1. The zero-order valence-electron chi connectivity index (χ0n) is 18.8. The fraction of sp³-hybridized carbons (Fsp3) is 0.409. The Morgan fingerprint density at radius 1 is 1.18 bits per heavy atom. The van der Waals surface area contributed by atoms with E-state index in [1.165, 1.54) is 26.6 Å². The van der Waals surface area contributed by atoms with Gasteiger partial charge in [-0.05, 0) is 61.4 Å². The molecule has 0 unspecified atom stereocenters. The van der Waals surface area contributed by atoms with Gasteiger partial charge in [-0.1, -0.05) is 12.1 Å². The van der Waals surface area contributed by atoms with Gasteiger partial charge in [-0.25, -0.2) is 26.8 Å². The minimum Gasteiger partial charge on any atom is -0.324 e. The molecule has 1 fully saturated rings. The van der Waals surface area contributed by atoms with E-state index in [4.69, 9.17) is 0 Å². The number of aromatic nitrogens is 3. The molecule has 33 heavy (non-hydrogen) atoms. The molecular weight excluding hydrogens is 462 g/mol. The number of carbonyl (C=O) groups excluding carboxylic acids is 1. The van der Waals surface area contributed by atoms with Crippen LogP contribution in [0.15, 0.2) is 40.5 Å². The molecule has 1 amide bonds. The van der Waals surface area contributed by atoms with Gasteiger partial charge in [0.15, 0.2) is 0 Å². The number of carbonyl (C=O) groups is 1. The summed E-state index contributed by atoms with van der Waals surface area (Å²) in [5.41, 5.74) is 2.36. The number of nitrogens with zero attached hydrogens (tertiary/aromatic N) is 4. The van der Waals surface area contributed by atoms with E-state index >= 15 is 0 Å². The molecule has 0 spiro atoms. The van der Waals surface area contributed by atoms with Crippen molar-refractivity contribution >= 4 is 33.0 Å². The topological polar surface area (TPSA) is 106 Å². The van der Waals surface area contributed by atoms with E-state index in [1.807, 2.05) is 49.6 Å². The quantitative estimate of drug-likeness (QED) is 0.573. The smallest absolute Gasteiger partial charge is 0.324 e. The summed E-state index contributed by atoms with van der Waals surface area (Å²) in [5, 5.41) is 10.0. The van der Waals surface area contributed by atoms with Crippen LogP contribution in [0.25, 0.3) is 5.00 Å². The maximum Gasteiger partial charge on any atom is 0.351 e. The van der Waals surface area contributed by atoms with Crippen molar-refractivity contribution in [3.63, 3.8) is 0 Å². The molecule has 1 saturated heterocycles. The van der Waals surface area contributed by atoms with E-state index in [-0.39, 0.29) is 24.1 Å². The van der Waals surface area contributed by atoms with Crippen molar-refractivity contribution in [1.82, 2.24) is 18.7 Å². The van der Waals surface area contributed by atoms with E-state index in [9.17, 15) is 18.0 Å². The summed E-state index contributed by atoms with van der Waals surface area (Å²) >= 11 is 1.41. The standard InChI is InChI=1S/C22H27N5O4S2/c1-15-6-4-7-18(16(15)2)23-19(28)14-26-22(29)27(20-8-5-13-32-20)21(24-26)17-9-11-25(12-10-17)33(3,30)31/h4-8,13,17H,9-12,14H2,1-3H3,(H,23,28). The number of hydrogen-bond acceptors (Lipinski definition) is 6. The number of rotatable bonds is 6. The Kier molecular flexibility index (Phi) is 6.55. The Balaban J connectivity index is 1.60. The molecule has 176 valence electrons. The number of aryl methyl sites for hydroxylation is 1.